The van der Waals surface area contributed by atoms with Crippen LogP contribution in [0.2, 0.25) is 0 Å². The molecule has 0 radical (unpaired) electrons. The fraction of sp³-hybridized carbons (Fsp3) is 0.526. The van der Waals surface area contributed by atoms with Gasteiger partial charge >= 0.3 is 11.9 Å². The van der Waals surface area contributed by atoms with Crippen molar-refractivity contribution in [3.63, 3.8) is 0 Å². The highest BCUT2D eigenvalue weighted by Gasteiger charge is 2.28. The van der Waals surface area contributed by atoms with Crippen LogP contribution in [0.4, 0.5) is 0 Å². The maximum absolute atomic E-state index is 12.4. The van der Waals surface area contributed by atoms with Gasteiger partial charge in [-0.25, -0.2) is 4.79 Å². The van der Waals surface area contributed by atoms with Crippen molar-refractivity contribution < 1.29 is 19.1 Å². The summed E-state index contributed by atoms with van der Waals surface area (Å²) >= 11 is 3.23. The van der Waals surface area contributed by atoms with Gasteiger partial charge < -0.3 is 10.1 Å². The van der Waals surface area contributed by atoms with Crippen LogP contribution in [-0.4, -0.2) is 35.1 Å². The number of esters is 2. The molecule has 5 nitrogen and oxygen atoms in total. The molecular weight excluding hydrogens is 386 g/mol. The fourth-order valence-electron chi connectivity index (χ4n) is 2.67. The molecule has 1 heterocycles. The van der Waals surface area contributed by atoms with E-state index in [9.17, 15) is 14.4 Å². The standard InChI is InChI=1S/C19H24BrNO4/c1-19(2,3)13-8-6-12(7-9-13)17(23)14(20)11-16(22)25-18(24)15-5-4-10-21-15/h6-9,14-15,21H,4-5,10-11H2,1-3H3/t14?,15-/m0/s1. The van der Waals surface area contributed by atoms with E-state index in [-0.39, 0.29) is 17.6 Å². The number of hydrogen-bond donors (Lipinski definition) is 1. The summed E-state index contributed by atoms with van der Waals surface area (Å²) in [6.45, 7) is 7.05. The van der Waals surface area contributed by atoms with Gasteiger partial charge in [-0.2, -0.15) is 0 Å². The van der Waals surface area contributed by atoms with Crippen LogP contribution in [0, 0.1) is 0 Å². The second-order valence-corrected chi connectivity index (χ2v) is 8.41. The molecular formula is C19H24BrNO4. The minimum absolute atomic E-state index is 0.00776. The van der Waals surface area contributed by atoms with Gasteiger partial charge in [0.2, 0.25) is 0 Å². The van der Waals surface area contributed by atoms with Gasteiger partial charge in [0.1, 0.15) is 6.04 Å². The summed E-state index contributed by atoms with van der Waals surface area (Å²) in [5.74, 6) is -1.46. The molecule has 1 unspecified atom stereocenters. The van der Waals surface area contributed by atoms with E-state index in [1.54, 1.807) is 12.1 Å². The predicted octanol–water partition coefficient (Wildman–Crippen LogP) is 3.14. The second-order valence-electron chi connectivity index (χ2n) is 7.31. The summed E-state index contributed by atoms with van der Waals surface area (Å²) in [6, 6.07) is 6.94. The minimum Gasteiger partial charge on any atom is -0.392 e. The summed E-state index contributed by atoms with van der Waals surface area (Å²) < 4.78 is 4.83. The fourth-order valence-corrected chi connectivity index (χ4v) is 3.19. The largest absolute Gasteiger partial charge is 0.392 e. The zero-order valence-electron chi connectivity index (χ0n) is 14.8. The van der Waals surface area contributed by atoms with Gasteiger partial charge in [0.15, 0.2) is 5.78 Å². The number of ether oxygens (including phenoxy) is 1. The van der Waals surface area contributed by atoms with Crippen molar-refractivity contribution in [2.45, 2.75) is 56.3 Å². The van der Waals surface area contributed by atoms with Crippen LogP contribution in [0.5, 0.6) is 0 Å². The van der Waals surface area contributed by atoms with Crippen LogP contribution >= 0.6 is 15.9 Å². The third kappa shape index (κ3) is 5.47. The number of alkyl halides is 1. The Morgan fingerprint density at radius 3 is 2.40 bits per heavy atom. The predicted molar refractivity (Wildman–Crippen MR) is 98.9 cm³/mol. The van der Waals surface area contributed by atoms with E-state index in [4.69, 9.17) is 4.74 Å². The zero-order valence-corrected chi connectivity index (χ0v) is 16.4. The maximum Gasteiger partial charge on any atom is 0.330 e. The third-order valence-electron chi connectivity index (χ3n) is 4.23. The lowest BCUT2D eigenvalue weighted by molar-refractivity contribution is -0.160. The first kappa shape index (κ1) is 19.8. The average molecular weight is 410 g/mol. The molecule has 0 aliphatic carbocycles. The highest BCUT2D eigenvalue weighted by molar-refractivity contribution is 9.10. The molecule has 1 N–H and O–H groups in total. The highest BCUT2D eigenvalue weighted by atomic mass is 79.9. The lowest BCUT2D eigenvalue weighted by atomic mass is 9.86. The number of ketones is 1. The molecule has 0 spiro atoms. The Kier molecular flexibility index (Phi) is 6.52. The van der Waals surface area contributed by atoms with Crippen molar-refractivity contribution >= 4 is 33.7 Å². The number of nitrogens with one attached hydrogen (secondary N) is 1. The van der Waals surface area contributed by atoms with Gasteiger partial charge in [-0.3, -0.25) is 9.59 Å². The Hall–Kier alpha value is -1.53. The van der Waals surface area contributed by atoms with E-state index < -0.39 is 22.8 Å². The molecule has 0 aromatic heterocycles. The molecule has 2 rings (SSSR count). The molecule has 2 atom stereocenters. The molecule has 1 aromatic rings. The Bertz CT molecular complexity index is 642. The zero-order chi connectivity index (χ0) is 18.6. The molecule has 1 aromatic carbocycles. The van der Waals surface area contributed by atoms with Crippen LogP contribution in [0.15, 0.2) is 24.3 Å². The van der Waals surface area contributed by atoms with Crippen LogP contribution < -0.4 is 5.32 Å². The van der Waals surface area contributed by atoms with Crippen molar-refractivity contribution in [1.29, 1.82) is 0 Å². The van der Waals surface area contributed by atoms with Crippen molar-refractivity contribution in [2.24, 2.45) is 0 Å². The average Bonchev–Trinajstić information content (AvgIpc) is 3.07. The van der Waals surface area contributed by atoms with Crippen molar-refractivity contribution in [3.8, 4) is 0 Å². The molecule has 1 saturated heterocycles. The van der Waals surface area contributed by atoms with Gasteiger partial charge in [0, 0.05) is 5.56 Å². The first-order valence-electron chi connectivity index (χ1n) is 8.45. The Balaban J connectivity index is 1.90. The summed E-state index contributed by atoms with van der Waals surface area (Å²) in [5.41, 5.74) is 1.66. The summed E-state index contributed by atoms with van der Waals surface area (Å²) in [4.78, 5) is 35.4. The number of rotatable bonds is 5. The van der Waals surface area contributed by atoms with Gasteiger partial charge in [-0.1, -0.05) is 61.0 Å². The first-order chi connectivity index (χ1) is 11.7. The minimum atomic E-state index is -0.718. The molecule has 1 aliphatic rings. The lowest BCUT2D eigenvalue weighted by Crippen LogP contribution is -2.34. The van der Waals surface area contributed by atoms with Crippen LogP contribution in [-0.2, 0) is 19.7 Å². The van der Waals surface area contributed by atoms with E-state index in [1.807, 2.05) is 12.1 Å². The van der Waals surface area contributed by atoms with Gasteiger partial charge in [-0.05, 0) is 30.4 Å². The number of halogens is 1. The summed E-state index contributed by atoms with van der Waals surface area (Å²) in [7, 11) is 0. The van der Waals surface area contributed by atoms with E-state index in [0.29, 0.717) is 12.0 Å². The molecule has 6 heteroatoms. The van der Waals surface area contributed by atoms with E-state index in [0.717, 1.165) is 18.5 Å². The summed E-state index contributed by atoms with van der Waals surface area (Å²) in [6.07, 6.45) is 1.37. The molecule has 25 heavy (non-hydrogen) atoms. The van der Waals surface area contributed by atoms with Gasteiger partial charge in [0.25, 0.3) is 0 Å². The van der Waals surface area contributed by atoms with Crippen LogP contribution in [0.25, 0.3) is 0 Å². The Morgan fingerprint density at radius 1 is 1.24 bits per heavy atom. The quantitative estimate of drug-likeness (QED) is 0.350. The lowest BCUT2D eigenvalue weighted by Gasteiger charge is -2.19. The van der Waals surface area contributed by atoms with Gasteiger partial charge in [0.05, 0.1) is 11.2 Å². The maximum atomic E-state index is 12.4. The molecule has 0 bridgehead atoms. The Labute approximate surface area is 156 Å². The van der Waals surface area contributed by atoms with Crippen molar-refractivity contribution in [2.75, 3.05) is 6.54 Å². The molecule has 1 fully saturated rings. The third-order valence-corrected chi connectivity index (χ3v) is 4.96. The topological polar surface area (TPSA) is 72.5 Å². The monoisotopic (exact) mass is 409 g/mol. The summed E-state index contributed by atoms with van der Waals surface area (Å²) in [5, 5.41) is 2.98. The highest BCUT2D eigenvalue weighted by Crippen LogP contribution is 2.23. The number of benzene rings is 1. The van der Waals surface area contributed by atoms with Crippen molar-refractivity contribution in [3.05, 3.63) is 35.4 Å². The molecule has 0 amide bonds. The molecule has 0 saturated carbocycles. The van der Waals surface area contributed by atoms with E-state index in [1.165, 1.54) is 0 Å². The second kappa shape index (κ2) is 8.23. The van der Waals surface area contributed by atoms with Crippen LogP contribution in [0.3, 0.4) is 0 Å². The number of Topliss-reactive ketones (excluding diaryl/α,β-unsaturated/α-hetero) is 1. The first-order valence-corrected chi connectivity index (χ1v) is 9.37. The molecule has 136 valence electrons. The number of carbonyl (C=O) groups excluding carboxylic acids is 3. The van der Waals surface area contributed by atoms with Crippen LogP contribution in [0.1, 0.15) is 56.0 Å². The van der Waals surface area contributed by atoms with Gasteiger partial charge in [-0.15, -0.1) is 0 Å². The smallest absolute Gasteiger partial charge is 0.330 e. The molecule has 1 aliphatic heterocycles. The SMILES string of the molecule is CC(C)(C)c1ccc(C(=O)C(Br)CC(=O)OC(=O)[C@@H]2CCCN2)cc1. The Morgan fingerprint density at radius 2 is 1.88 bits per heavy atom. The van der Waals surface area contributed by atoms with Crippen molar-refractivity contribution in [1.82, 2.24) is 5.32 Å². The van der Waals surface area contributed by atoms with E-state index in [2.05, 4.69) is 42.0 Å². The number of carbonyl (C=O) groups is 3. The normalized spacial score (nSPS) is 18.6. The number of hydrogen-bond acceptors (Lipinski definition) is 5. The van der Waals surface area contributed by atoms with E-state index >= 15 is 0 Å².